The Morgan fingerprint density at radius 1 is 0.284 bits per heavy atom. The van der Waals surface area contributed by atoms with E-state index in [9.17, 15) is 80.9 Å². The Labute approximate surface area is 497 Å². The molecule has 0 amide bonds. The van der Waals surface area contributed by atoms with E-state index in [0.717, 1.165) is 72.8 Å². The summed E-state index contributed by atoms with van der Waals surface area (Å²) in [6.07, 6.45) is 0. The first kappa shape index (κ1) is 58.8. The van der Waals surface area contributed by atoms with Gasteiger partial charge in [0.05, 0.1) is 39.4 Å². The molecule has 402 valence electrons. The quantitative estimate of drug-likeness (QED) is 0.0623. The molecule has 0 aliphatic carbocycles. The van der Waals surface area contributed by atoms with E-state index in [1.54, 1.807) is 0 Å². The van der Waals surface area contributed by atoms with Gasteiger partial charge in [0.2, 0.25) is 0 Å². The van der Waals surface area contributed by atoms with Gasteiger partial charge in [-0.2, -0.15) is 0 Å². The number of rotatable bonds is 12. The molecule has 28 nitrogen and oxygen atoms in total. The van der Waals surface area contributed by atoms with E-state index in [1.807, 2.05) is 0 Å². The van der Waals surface area contributed by atoms with Crippen molar-refractivity contribution in [2.75, 3.05) is 0 Å². The maximum absolute atomic E-state index is 13.7. The van der Waals surface area contributed by atoms with Gasteiger partial charge in [-0.05, 0) is 70.6 Å². The normalized spacial score (nSPS) is 12.0. The van der Waals surface area contributed by atoms with Gasteiger partial charge in [0, 0.05) is 84.7 Å². The maximum atomic E-state index is 13.7. The molecule has 2 aliphatic heterocycles. The zero-order valence-corrected chi connectivity index (χ0v) is 47.6. The number of nitrogens with zero attached hydrogens (tertiary/aromatic N) is 12. The maximum Gasteiger partial charge on any atom is 2.00 e. The van der Waals surface area contributed by atoms with Crippen molar-refractivity contribution < 1.29 is 58.9 Å². The fourth-order valence-electron chi connectivity index (χ4n) is 8.89. The summed E-state index contributed by atoms with van der Waals surface area (Å²) in [5, 5.41) is 104. The van der Waals surface area contributed by atoms with Gasteiger partial charge in [-0.25, -0.2) is 9.97 Å². The van der Waals surface area contributed by atoms with Crippen LogP contribution in [0.2, 0.25) is 40.2 Å². The summed E-state index contributed by atoms with van der Waals surface area (Å²) in [6, 6.07) is 12.6. The van der Waals surface area contributed by atoms with E-state index in [0.29, 0.717) is 0 Å². The molecule has 5 heterocycles. The van der Waals surface area contributed by atoms with E-state index < -0.39 is 214 Å². The van der Waals surface area contributed by atoms with Gasteiger partial charge < -0.3 is 9.97 Å². The molecule has 8 bridgehead atoms. The fraction of sp³-hybridized carbons (Fsp3) is 0. The molecule has 0 saturated carbocycles. The summed E-state index contributed by atoms with van der Waals surface area (Å²) in [5.74, 6) is 0. The van der Waals surface area contributed by atoms with Crippen LogP contribution in [0.1, 0.15) is 22.8 Å². The number of fused-ring (bicyclic) bond motifs is 8. The van der Waals surface area contributed by atoms with Crippen LogP contribution >= 0.6 is 92.8 Å². The van der Waals surface area contributed by atoms with Crippen molar-refractivity contribution in [1.29, 1.82) is 0 Å². The number of aromatic nitrogens is 4. The Morgan fingerprint density at radius 3 is 0.580 bits per heavy atom. The molecule has 37 heteroatoms. The molecular weight excluding hydrogens is 1300 g/mol. The van der Waals surface area contributed by atoms with Gasteiger partial charge in [-0.1, -0.05) is 117 Å². The SMILES string of the molecule is O=[N+]([O-])C1=C([N+](=O)[O-])c2nc1c(-c1c(Cl)cccc1Cl)c1[n-]c(c(-c3c(Cl)cccc3Cl)c3nc(c(-c4c(Cl)cccc4Cl)c4[n-]c(c2-c2c(Cl)cccc2Cl)c([N+](=O)[O-])c4[N+](=O)[O-])C([N+](=O)[O-])=C3[N+](=O)[O-])c([N+](=O)[O-])c1[N+](=O)[O-].[Zn+2]. The van der Waals surface area contributed by atoms with Crippen molar-refractivity contribution in [2.45, 2.75) is 0 Å². The Balaban J connectivity index is 0.00000860. The summed E-state index contributed by atoms with van der Waals surface area (Å²) in [7, 11) is 0. The second-order valence-electron chi connectivity index (χ2n) is 16.0. The van der Waals surface area contributed by atoms with Crippen LogP contribution in [0.25, 0.3) is 89.4 Å². The van der Waals surface area contributed by atoms with Crippen LogP contribution in [0.3, 0.4) is 0 Å². The van der Waals surface area contributed by atoms with Gasteiger partial charge >= 0.3 is 65.0 Å². The van der Waals surface area contributed by atoms with Gasteiger partial charge in [0.25, 0.3) is 0 Å². The third-order valence-corrected chi connectivity index (χ3v) is 14.3. The van der Waals surface area contributed by atoms with Crippen LogP contribution in [0.5, 0.6) is 0 Å². The minimum atomic E-state index is -1.83. The van der Waals surface area contributed by atoms with Crippen LogP contribution in [-0.4, -0.2) is 49.4 Å². The third kappa shape index (κ3) is 9.46. The summed E-state index contributed by atoms with van der Waals surface area (Å²) < 4.78 is 0. The summed E-state index contributed by atoms with van der Waals surface area (Å²) in [6.45, 7) is 0. The predicted octanol–water partition coefficient (Wildman–Crippen LogP) is 13.9. The zero-order valence-electron chi connectivity index (χ0n) is 38.6. The molecule has 0 saturated heterocycles. The zero-order chi connectivity index (χ0) is 58.4. The number of halogens is 8. The van der Waals surface area contributed by atoms with E-state index in [1.165, 1.54) is 0 Å². The van der Waals surface area contributed by atoms with Crippen LogP contribution in [-0.2, 0) is 19.5 Å². The molecular formula is C44H12Cl8N12O16Zn. The smallest absolute Gasteiger partial charge is 0.645 e. The minimum Gasteiger partial charge on any atom is -0.645 e. The fourth-order valence-corrected chi connectivity index (χ4v) is 11.2. The number of nitro groups is 8. The summed E-state index contributed by atoms with van der Waals surface area (Å²) >= 11 is 53.7. The second-order valence-corrected chi connectivity index (χ2v) is 19.2. The van der Waals surface area contributed by atoms with Gasteiger partial charge in [-0.3, -0.25) is 80.9 Å². The van der Waals surface area contributed by atoms with E-state index in [-0.39, 0.29) is 19.5 Å². The topological polar surface area (TPSA) is 399 Å². The molecule has 0 spiro atoms. The predicted molar refractivity (Wildman–Crippen MR) is 289 cm³/mol. The Bertz CT molecular complexity index is 3800. The van der Waals surface area contributed by atoms with E-state index >= 15 is 0 Å². The molecule has 0 unspecified atom stereocenters. The van der Waals surface area contributed by atoms with Crippen molar-refractivity contribution in [2.24, 2.45) is 0 Å². The molecule has 0 radical (unpaired) electrons. The number of hydrogen-bond acceptors (Lipinski definition) is 18. The van der Waals surface area contributed by atoms with Gasteiger partial charge in [0.1, 0.15) is 0 Å². The summed E-state index contributed by atoms with van der Waals surface area (Å²) in [5.41, 5.74) is -34.9. The first-order valence-electron chi connectivity index (χ1n) is 21.0. The standard InChI is InChI=1S/C44H12Cl8N12O16.Zn/c45-13-5-1-6-14(46)21(13)25-29-37(57(65)66)39(59(69)70)31(53-29)26(22-15(47)7-2-8-16(22)48)33-41(61(73)74)43(63(77)78)35(55-33)28(24-19(51)11-4-12-20(24)52)36-44(64(79)80)42(62(75)76)34(56-36)27(23-17(49)9-3-10-18(23)50)32-40(60(71)72)38(58(67)68)30(25)54-32;/h1-12H;/q-2;+2. The van der Waals surface area contributed by atoms with Crippen LogP contribution in [0, 0.1) is 80.9 Å². The van der Waals surface area contributed by atoms with Crippen LogP contribution < -0.4 is 9.97 Å². The van der Waals surface area contributed by atoms with Gasteiger partial charge in [0.15, 0.2) is 22.8 Å². The molecule has 81 heavy (non-hydrogen) atoms. The number of benzene rings is 4. The third-order valence-electron chi connectivity index (χ3n) is 11.8. The van der Waals surface area contributed by atoms with Gasteiger partial charge in [-0.15, -0.1) is 0 Å². The van der Waals surface area contributed by atoms with Crippen molar-refractivity contribution in [3.05, 3.63) is 217 Å². The first-order valence-corrected chi connectivity index (χ1v) is 24.0. The molecule has 0 N–H and O–H groups in total. The van der Waals surface area contributed by atoms with Crippen molar-refractivity contribution in [3.8, 4) is 44.5 Å². The van der Waals surface area contributed by atoms with Crippen molar-refractivity contribution >= 4 is 160 Å². The minimum absolute atomic E-state index is 0. The second kappa shape index (κ2) is 21.9. The Morgan fingerprint density at radius 2 is 0.444 bits per heavy atom. The molecule has 0 fully saturated rings. The van der Waals surface area contributed by atoms with Crippen LogP contribution in [0.15, 0.2) is 72.8 Å². The van der Waals surface area contributed by atoms with E-state index in [4.69, 9.17) is 92.8 Å². The van der Waals surface area contributed by atoms with Crippen molar-refractivity contribution in [3.63, 3.8) is 0 Å². The monoisotopic (exact) mass is 1310 g/mol. The average Bonchev–Trinajstić information content (AvgIpc) is 4.15. The molecule has 3 aromatic heterocycles. The number of hydrogen-bond donors (Lipinski definition) is 0. The first-order chi connectivity index (χ1) is 37.7. The molecule has 4 aromatic carbocycles. The Kier molecular flexibility index (Phi) is 15.9. The Hall–Kier alpha value is -8.38. The summed E-state index contributed by atoms with van der Waals surface area (Å²) in [4.78, 5) is 115. The molecule has 0 atom stereocenters. The van der Waals surface area contributed by atoms with Crippen molar-refractivity contribution in [1.82, 2.24) is 19.9 Å². The molecule has 2 aliphatic rings. The largest absolute Gasteiger partial charge is 2.00 e. The molecule has 9 rings (SSSR count). The average molecular weight is 1310 g/mol. The molecule has 7 aromatic rings. The van der Waals surface area contributed by atoms with Crippen LogP contribution in [0.4, 0.5) is 22.7 Å². The van der Waals surface area contributed by atoms with E-state index in [2.05, 4.69) is 19.9 Å².